The zero-order chi connectivity index (χ0) is 13.3. The molecule has 2 rings (SSSR count). The smallest absolute Gasteiger partial charge is 0.338 e. The third-order valence-electron chi connectivity index (χ3n) is 2.49. The highest BCUT2D eigenvalue weighted by molar-refractivity contribution is 7.16. The molecule has 0 bridgehead atoms. The molecule has 2 N–H and O–H groups in total. The van der Waals surface area contributed by atoms with Crippen molar-refractivity contribution in [2.24, 2.45) is 7.05 Å². The molecule has 1 amide bonds. The first kappa shape index (κ1) is 12.4. The van der Waals surface area contributed by atoms with Gasteiger partial charge < -0.3 is 15.0 Å². The lowest BCUT2D eigenvalue weighted by Crippen LogP contribution is -2.16. The van der Waals surface area contributed by atoms with E-state index in [-0.39, 0.29) is 11.5 Å². The van der Waals surface area contributed by atoms with E-state index in [9.17, 15) is 9.59 Å². The molecule has 0 unspecified atom stereocenters. The van der Waals surface area contributed by atoms with Crippen LogP contribution in [0.2, 0.25) is 0 Å². The highest BCUT2D eigenvalue weighted by Crippen LogP contribution is 2.27. The molecule has 5 nitrogen and oxygen atoms in total. The van der Waals surface area contributed by atoms with Crippen LogP contribution in [0.25, 0.3) is 0 Å². The fourth-order valence-corrected chi connectivity index (χ4v) is 2.53. The lowest BCUT2D eigenvalue weighted by atomic mass is 10.3. The van der Waals surface area contributed by atoms with E-state index in [1.54, 1.807) is 42.9 Å². The predicted octanol–water partition coefficient (Wildman–Crippen LogP) is 2.35. The number of rotatable bonds is 3. The molecule has 94 valence electrons. The highest BCUT2D eigenvalue weighted by Gasteiger charge is 2.17. The highest BCUT2D eigenvalue weighted by atomic mass is 32.1. The first-order valence-corrected chi connectivity index (χ1v) is 6.07. The minimum Gasteiger partial charge on any atom is -0.478 e. The Labute approximate surface area is 108 Å². The quantitative estimate of drug-likeness (QED) is 0.893. The standard InChI is InChI=1S/C12H12N2O3S/c1-7-6-8(12(16)17)11(18-7)13-10(15)9-4-3-5-14(9)2/h3-6H,1-2H3,(H,13,15)(H,16,17). The molecule has 0 aliphatic carbocycles. The number of carboxylic acid groups (broad SMARTS) is 1. The molecule has 2 aromatic heterocycles. The van der Waals surface area contributed by atoms with Crippen molar-refractivity contribution in [1.29, 1.82) is 0 Å². The molecule has 0 saturated carbocycles. The summed E-state index contributed by atoms with van der Waals surface area (Å²) in [5.41, 5.74) is 0.609. The number of carbonyl (C=O) groups excluding carboxylic acids is 1. The first-order chi connectivity index (χ1) is 8.49. The van der Waals surface area contributed by atoms with Crippen molar-refractivity contribution in [1.82, 2.24) is 4.57 Å². The van der Waals surface area contributed by atoms with Crippen molar-refractivity contribution in [2.45, 2.75) is 6.92 Å². The summed E-state index contributed by atoms with van der Waals surface area (Å²) < 4.78 is 1.68. The number of hydrogen-bond donors (Lipinski definition) is 2. The molecule has 0 spiro atoms. The number of carbonyl (C=O) groups is 2. The molecule has 0 radical (unpaired) electrons. The Hall–Kier alpha value is -2.08. The second-order valence-electron chi connectivity index (χ2n) is 3.86. The van der Waals surface area contributed by atoms with E-state index in [1.807, 2.05) is 0 Å². The van der Waals surface area contributed by atoms with Crippen molar-refractivity contribution < 1.29 is 14.7 Å². The van der Waals surface area contributed by atoms with Crippen molar-refractivity contribution in [3.05, 3.63) is 40.5 Å². The van der Waals surface area contributed by atoms with Gasteiger partial charge in [-0.2, -0.15) is 0 Å². The van der Waals surface area contributed by atoms with E-state index in [1.165, 1.54) is 11.3 Å². The summed E-state index contributed by atoms with van der Waals surface area (Å²) in [5, 5.41) is 12.0. The average Bonchev–Trinajstić information content (AvgIpc) is 2.84. The Bertz CT molecular complexity index is 613. The third-order valence-corrected chi connectivity index (χ3v) is 3.46. The lowest BCUT2D eigenvalue weighted by molar-refractivity contribution is 0.0698. The Kier molecular flexibility index (Phi) is 3.20. The summed E-state index contributed by atoms with van der Waals surface area (Å²) in [6, 6.07) is 4.98. The maximum atomic E-state index is 12.0. The largest absolute Gasteiger partial charge is 0.478 e. The van der Waals surface area contributed by atoms with E-state index in [0.717, 1.165) is 4.88 Å². The summed E-state index contributed by atoms with van der Waals surface area (Å²) in [4.78, 5) is 23.8. The molecule has 2 aromatic rings. The van der Waals surface area contributed by atoms with Gasteiger partial charge in [-0.1, -0.05) is 0 Å². The van der Waals surface area contributed by atoms with Crippen LogP contribution >= 0.6 is 11.3 Å². The van der Waals surface area contributed by atoms with Crippen LogP contribution < -0.4 is 5.32 Å². The maximum Gasteiger partial charge on any atom is 0.338 e. The Balaban J connectivity index is 2.27. The molecule has 0 aliphatic rings. The van der Waals surface area contributed by atoms with Crippen molar-refractivity contribution >= 4 is 28.2 Å². The van der Waals surface area contributed by atoms with Crippen molar-refractivity contribution in [2.75, 3.05) is 5.32 Å². The number of aryl methyl sites for hydroxylation is 2. The van der Waals surface area contributed by atoms with Gasteiger partial charge in [-0.05, 0) is 25.1 Å². The number of hydrogen-bond acceptors (Lipinski definition) is 3. The summed E-state index contributed by atoms with van der Waals surface area (Å²) in [6.45, 7) is 1.80. The summed E-state index contributed by atoms with van der Waals surface area (Å²) in [7, 11) is 1.76. The number of nitrogens with zero attached hydrogens (tertiary/aromatic N) is 1. The van der Waals surface area contributed by atoms with Gasteiger partial charge in [0, 0.05) is 18.1 Å². The number of aromatic nitrogens is 1. The molecule has 2 heterocycles. The van der Waals surface area contributed by atoms with Crippen LogP contribution in [0.4, 0.5) is 5.00 Å². The van der Waals surface area contributed by atoms with E-state index < -0.39 is 5.97 Å². The zero-order valence-electron chi connectivity index (χ0n) is 9.93. The van der Waals surface area contributed by atoms with Crippen LogP contribution in [0.1, 0.15) is 25.7 Å². The maximum absolute atomic E-state index is 12.0. The Morgan fingerprint density at radius 2 is 2.17 bits per heavy atom. The summed E-state index contributed by atoms with van der Waals surface area (Å²) in [6.07, 6.45) is 1.76. The summed E-state index contributed by atoms with van der Waals surface area (Å²) in [5.74, 6) is -1.35. The van der Waals surface area contributed by atoms with E-state index in [0.29, 0.717) is 10.7 Å². The van der Waals surface area contributed by atoms with Crippen LogP contribution in [0.5, 0.6) is 0 Å². The van der Waals surface area contributed by atoms with Crippen LogP contribution in [0.15, 0.2) is 24.4 Å². The lowest BCUT2D eigenvalue weighted by Gasteiger charge is -2.05. The molecule has 0 fully saturated rings. The van der Waals surface area contributed by atoms with Gasteiger partial charge in [0.25, 0.3) is 5.91 Å². The fraction of sp³-hybridized carbons (Fsp3) is 0.167. The minimum atomic E-state index is -1.04. The second kappa shape index (κ2) is 4.66. The molecular formula is C12H12N2O3S. The minimum absolute atomic E-state index is 0.125. The summed E-state index contributed by atoms with van der Waals surface area (Å²) >= 11 is 1.25. The van der Waals surface area contributed by atoms with Crippen molar-refractivity contribution in [3.8, 4) is 0 Å². The van der Waals surface area contributed by atoms with Crippen LogP contribution in [0.3, 0.4) is 0 Å². The van der Waals surface area contributed by atoms with Gasteiger partial charge in [-0.15, -0.1) is 11.3 Å². The Morgan fingerprint density at radius 3 is 2.72 bits per heavy atom. The number of thiophene rings is 1. The van der Waals surface area contributed by atoms with E-state index in [4.69, 9.17) is 5.11 Å². The molecule has 18 heavy (non-hydrogen) atoms. The normalized spacial score (nSPS) is 10.3. The van der Waals surface area contributed by atoms with Gasteiger partial charge in [0.1, 0.15) is 10.7 Å². The van der Waals surface area contributed by atoms with Gasteiger partial charge >= 0.3 is 5.97 Å². The van der Waals surface area contributed by atoms with E-state index in [2.05, 4.69) is 5.32 Å². The molecular weight excluding hydrogens is 252 g/mol. The number of anilines is 1. The second-order valence-corrected chi connectivity index (χ2v) is 5.12. The van der Waals surface area contributed by atoms with Gasteiger partial charge in [0.05, 0.1) is 5.56 Å². The fourth-order valence-electron chi connectivity index (χ4n) is 1.63. The number of carboxylic acids is 1. The third kappa shape index (κ3) is 2.28. The van der Waals surface area contributed by atoms with Gasteiger partial charge in [0.2, 0.25) is 0 Å². The first-order valence-electron chi connectivity index (χ1n) is 5.25. The average molecular weight is 264 g/mol. The molecule has 0 aliphatic heterocycles. The van der Waals surface area contributed by atoms with Crippen LogP contribution in [-0.2, 0) is 7.05 Å². The molecule has 0 saturated heterocycles. The predicted molar refractivity (Wildman–Crippen MR) is 69.4 cm³/mol. The molecule has 0 aromatic carbocycles. The van der Waals surface area contributed by atoms with Crippen LogP contribution in [-0.4, -0.2) is 21.6 Å². The van der Waals surface area contributed by atoms with Crippen LogP contribution in [0, 0.1) is 6.92 Å². The van der Waals surface area contributed by atoms with Gasteiger partial charge in [0.15, 0.2) is 0 Å². The SMILES string of the molecule is Cc1cc(C(=O)O)c(NC(=O)c2cccn2C)s1. The number of nitrogens with one attached hydrogen (secondary N) is 1. The molecule has 0 atom stereocenters. The molecule has 6 heteroatoms. The van der Waals surface area contributed by atoms with Gasteiger partial charge in [-0.3, -0.25) is 4.79 Å². The Morgan fingerprint density at radius 1 is 1.44 bits per heavy atom. The zero-order valence-corrected chi connectivity index (χ0v) is 10.7. The number of aromatic carboxylic acids is 1. The number of amides is 1. The van der Waals surface area contributed by atoms with Crippen molar-refractivity contribution in [3.63, 3.8) is 0 Å². The monoisotopic (exact) mass is 264 g/mol. The topological polar surface area (TPSA) is 71.3 Å². The van der Waals surface area contributed by atoms with E-state index >= 15 is 0 Å². The van der Waals surface area contributed by atoms with Gasteiger partial charge in [-0.25, -0.2) is 4.79 Å².